The van der Waals surface area contributed by atoms with Crippen LogP contribution in [0, 0.1) is 13.8 Å². The normalized spacial score (nSPS) is 10.8. The Morgan fingerprint density at radius 1 is 1.04 bits per heavy atom. The number of aliphatic imine (C=N–C) groups is 1. The minimum atomic E-state index is 0. The second-order valence-corrected chi connectivity index (χ2v) is 5.84. The zero-order valence-corrected chi connectivity index (χ0v) is 17.8. The molecule has 0 amide bonds. The molecule has 0 fully saturated rings. The van der Waals surface area contributed by atoms with Crippen molar-refractivity contribution in [3.8, 4) is 5.75 Å². The maximum Gasteiger partial charge on any atom is 0.191 e. The van der Waals surface area contributed by atoms with Crippen LogP contribution < -0.4 is 15.4 Å². The standard InChI is InChI=1S/C20H27N3O.HI/c1-15-9-10-18(19(13-15)24-4)14-23-20(21-3)22-12-11-17-8-6-5-7-16(17)2;/h5-10,13H,11-12,14H2,1-4H3,(H2,21,22,23);1H. The Morgan fingerprint density at radius 3 is 2.48 bits per heavy atom. The van der Waals surface area contributed by atoms with Crippen molar-refractivity contribution in [3.05, 3.63) is 64.7 Å². The molecule has 0 spiro atoms. The van der Waals surface area contributed by atoms with E-state index in [9.17, 15) is 0 Å². The van der Waals surface area contributed by atoms with Crippen molar-refractivity contribution < 1.29 is 4.74 Å². The van der Waals surface area contributed by atoms with Gasteiger partial charge in [0.1, 0.15) is 5.75 Å². The first-order chi connectivity index (χ1) is 11.6. The molecule has 2 rings (SSSR count). The van der Waals surface area contributed by atoms with Gasteiger partial charge in [0.05, 0.1) is 7.11 Å². The lowest BCUT2D eigenvalue weighted by Crippen LogP contribution is -2.38. The number of rotatable bonds is 6. The van der Waals surface area contributed by atoms with Gasteiger partial charge in [-0.1, -0.05) is 36.4 Å². The largest absolute Gasteiger partial charge is 0.496 e. The van der Waals surface area contributed by atoms with Crippen molar-refractivity contribution in [3.63, 3.8) is 0 Å². The summed E-state index contributed by atoms with van der Waals surface area (Å²) in [7, 11) is 3.49. The van der Waals surface area contributed by atoms with Crippen LogP contribution in [-0.2, 0) is 13.0 Å². The molecule has 0 aliphatic rings. The molecule has 2 N–H and O–H groups in total. The Kier molecular flexibility index (Phi) is 9.34. The van der Waals surface area contributed by atoms with Crippen LogP contribution in [0.4, 0.5) is 0 Å². The van der Waals surface area contributed by atoms with Crippen LogP contribution in [-0.4, -0.2) is 26.7 Å². The van der Waals surface area contributed by atoms with Gasteiger partial charge in [0, 0.05) is 25.7 Å². The van der Waals surface area contributed by atoms with E-state index in [0.717, 1.165) is 30.2 Å². The number of hydrogen-bond acceptors (Lipinski definition) is 2. The second kappa shape index (κ2) is 11.0. The summed E-state index contributed by atoms with van der Waals surface area (Å²) in [5.41, 5.74) is 4.99. The fraction of sp³-hybridized carbons (Fsp3) is 0.350. The van der Waals surface area contributed by atoms with Gasteiger partial charge in [-0.15, -0.1) is 24.0 Å². The van der Waals surface area contributed by atoms with Crippen molar-refractivity contribution in [1.82, 2.24) is 10.6 Å². The summed E-state index contributed by atoms with van der Waals surface area (Å²) >= 11 is 0. The average molecular weight is 453 g/mol. The lowest BCUT2D eigenvalue weighted by molar-refractivity contribution is 0.408. The fourth-order valence-electron chi connectivity index (χ4n) is 2.60. The van der Waals surface area contributed by atoms with Crippen LogP contribution in [0.3, 0.4) is 0 Å². The van der Waals surface area contributed by atoms with Crippen LogP contribution in [0.25, 0.3) is 0 Å². The van der Waals surface area contributed by atoms with E-state index in [1.165, 1.54) is 16.7 Å². The first kappa shape index (κ1) is 21.3. The molecule has 0 bridgehead atoms. The Hall–Kier alpha value is -1.76. The fourth-order valence-corrected chi connectivity index (χ4v) is 2.60. The van der Waals surface area contributed by atoms with E-state index in [4.69, 9.17) is 4.74 Å². The molecule has 4 nitrogen and oxygen atoms in total. The summed E-state index contributed by atoms with van der Waals surface area (Å²) in [6.45, 7) is 5.72. The third-order valence-corrected chi connectivity index (χ3v) is 4.06. The van der Waals surface area contributed by atoms with E-state index in [2.05, 4.69) is 65.9 Å². The molecule has 5 heteroatoms. The van der Waals surface area contributed by atoms with E-state index in [-0.39, 0.29) is 24.0 Å². The van der Waals surface area contributed by atoms with E-state index >= 15 is 0 Å². The summed E-state index contributed by atoms with van der Waals surface area (Å²) in [6, 6.07) is 14.7. The Bertz CT molecular complexity index is 701. The van der Waals surface area contributed by atoms with Crippen LogP contribution in [0.2, 0.25) is 0 Å². The highest BCUT2D eigenvalue weighted by molar-refractivity contribution is 14.0. The zero-order valence-electron chi connectivity index (χ0n) is 15.4. The van der Waals surface area contributed by atoms with Gasteiger partial charge in [0.2, 0.25) is 0 Å². The summed E-state index contributed by atoms with van der Waals surface area (Å²) in [6.07, 6.45) is 0.973. The summed E-state index contributed by atoms with van der Waals surface area (Å²) < 4.78 is 5.44. The second-order valence-electron chi connectivity index (χ2n) is 5.84. The summed E-state index contributed by atoms with van der Waals surface area (Å²) in [4.78, 5) is 4.28. The lowest BCUT2D eigenvalue weighted by Gasteiger charge is -2.14. The Morgan fingerprint density at radius 2 is 1.80 bits per heavy atom. The van der Waals surface area contributed by atoms with Gasteiger partial charge in [-0.25, -0.2) is 0 Å². The predicted molar refractivity (Wildman–Crippen MR) is 116 cm³/mol. The number of hydrogen-bond donors (Lipinski definition) is 2. The summed E-state index contributed by atoms with van der Waals surface area (Å²) in [5, 5.41) is 6.70. The molecule has 0 aliphatic heterocycles. The van der Waals surface area contributed by atoms with Gasteiger partial charge in [-0.3, -0.25) is 4.99 Å². The minimum Gasteiger partial charge on any atom is -0.496 e. The zero-order chi connectivity index (χ0) is 17.4. The number of guanidine groups is 1. The average Bonchev–Trinajstić information content (AvgIpc) is 2.60. The monoisotopic (exact) mass is 453 g/mol. The van der Waals surface area contributed by atoms with Crippen molar-refractivity contribution in [2.75, 3.05) is 20.7 Å². The Balaban J connectivity index is 0.00000312. The molecule has 0 aliphatic carbocycles. The van der Waals surface area contributed by atoms with Gasteiger partial charge < -0.3 is 15.4 Å². The molecule has 0 heterocycles. The molecule has 2 aromatic carbocycles. The van der Waals surface area contributed by atoms with Gasteiger partial charge in [-0.05, 0) is 43.0 Å². The van der Waals surface area contributed by atoms with Gasteiger partial charge >= 0.3 is 0 Å². The molecule has 0 saturated heterocycles. The lowest BCUT2D eigenvalue weighted by atomic mass is 10.1. The third-order valence-electron chi connectivity index (χ3n) is 4.06. The van der Waals surface area contributed by atoms with Crippen molar-refractivity contribution in [1.29, 1.82) is 0 Å². The molecule has 0 radical (unpaired) electrons. The number of benzene rings is 2. The van der Waals surface area contributed by atoms with E-state index in [1.54, 1.807) is 14.2 Å². The molecule has 0 saturated carbocycles. The minimum absolute atomic E-state index is 0. The number of halogens is 1. The van der Waals surface area contributed by atoms with E-state index in [1.807, 2.05) is 6.07 Å². The molecule has 25 heavy (non-hydrogen) atoms. The van der Waals surface area contributed by atoms with Crippen LogP contribution in [0.15, 0.2) is 47.5 Å². The maximum absolute atomic E-state index is 5.44. The SMILES string of the molecule is CN=C(NCCc1ccccc1C)NCc1ccc(C)cc1OC.I. The number of methoxy groups -OCH3 is 1. The maximum atomic E-state index is 5.44. The number of nitrogens with one attached hydrogen (secondary N) is 2. The number of ether oxygens (including phenoxy) is 1. The third kappa shape index (κ3) is 6.57. The van der Waals surface area contributed by atoms with Gasteiger partial charge in [0.25, 0.3) is 0 Å². The highest BCUT2D eigenvalue weighted by Gasteiger charge is 2.05. The molecule has 0 aromatic heterocycles. The molecule has 2 aromatic rings. The smallest absolute Gasteiger partial charge is 0.191 e. The molecule has 0 unspecified atom stereocenters. The molecule has 0 atom stereocenters. The number of aryl methyl sites for hydroxylation is 2. The summed E-state index contributed by atoms with van der Waals surface area (Å²) in [5.74, 6) is 1.70. The van der Waals surface area contributed by atoms with Crippen molar-refractivity contribution in [2.24, 2.45) is 4.99 Å². The van der Waals surface area contributed by atoms with Gasteiger partial charge in [-0.2, -0.15) is 0 Å². The van der Waals surface area contributed by atoms with Crippen LogP contribution >= 0.6 is 24.0 Å². The van der Waals surface area contributed by atoms with Crippen molar-refractivity contribution >= 4 is 29.9 Å². The van der Waals surface area contributed by atoms with Crippen molar-refractivity contribution in [2.45, 2.75) is 26.8 Å². The Labute approximate surface area is 168 Å². The quantitative estimate of drug-likeness (QED) is 0.397. The first-order valence-electron chi connectivity index (χ1n) is 8.26. The van der Waals surface area contributed by atoms with Crippen LogP contribution in [0.1, 0.15) is 22.3 Å². The number of nitrogens with zero attached hydrogens (tertiary/aromatic N) is 1. The van der Waals surface area contributed by atoms with E-state index in [0.29, 0.717) is 6.54 Å². The molecular formula is C20H28IN3O. The highest BCUT2D eigenvalue weighted by Crippen LogP contribution is 2.19. The van der Waals surface area contributed by atoms with E-state index < -0.39 is 0 Å². The van der Waals surface area contributed by atoms with Gasteiger partial charge in [0.15, 0.2) is 5.96 Å². The van der Waals surface area contributed by atoms with Crippen LogP contribution in [0.5, 0.6) is 5.75 Å². The first-order valence-corrected chi connectivity index (χ1v) is 8.26. The topological polar surface area (TPSA) is 45.7 Å². The molecule has 136 valence electrons. The predicted octanol–water partition coefficient (Wildman–Crippen LogP) is 3.84. The molecular weight excluding hydrogens is 425 g/mol. The highest BCUT2D eigenvalue weighted by atomic mass is 127.